The number of hydrogen-bond acceptors (Lipinski definition) is 5. The number of anilines is 1. The maximum Gasteiger partial charge on any atom is 0.217 e. The molecule has 1 unspecified atom stereocenters. The topological polar surface area (TPSA) is 95.6 Å². The second-order valence-corrected chi connectivity index (χ2v) is 6.83. The minimum atomic E-state index is -0.510. The average Bonchev–Trinajstić information content (AvgIpc) is 3.09. The number of rotatable bonds is 4. The Bertz CT molecular complexity index is 972. The van der Waals surface area contributed by atoms with Gasteiger partial charge in [0.15, 0.2) is 17.5 Å². The number of aromatic nitrogens is 4. The van der Waals surface area contributed by atoms with Crippen LogP contribution in [0, 0.1) is 5.82 Å². The maximum atomic E-state index is 14.4. The van der Waals surface area contributed by atoms with Gasteiger partial charge in [-0.1, -0.05) is 12.8 Å². The van der Waals surface area contributed by atoms with Gasteiger partial charge in [0.05, 0.1) is 6.20 Å². The molecular weight excluding hydrogens is 347 g/mol. The quantitative estimate of drug-likeness (QED) is 0.658. The molecule has 2 atom stereocenters. The van der Waals surface area contributed by atoms with Crippen molar-refractivity contribution in [3.05, 3.63) is 36.5 Å². The van der Waals surface area contributed by atoms with Crippen LogP contribution in [0.2, 0.25) is 0 Å². The number of hydrogen-bond donors (Lipinski definition) is 3. The molecule has 0 saturated heterocycles. The number of amides is 1. The minimum Gasteiger partial charge on any atom is -0.363 e. The predicted octanol–water partition coefficient (Wildman–Crippen LogP) is 3.02. The summed E-state index contributed by atoms with van der Waals surface area (Å²) < 4.78 is 14.4. The third-order valence-corrected chi connectivity index (χ3v) is 4.91. The van der Waals surface area contributed by atoms with Gasteiger partial charge in [-0.3, -0.25) is 4.79 Å². The van der Waals surface area contributed by atoms with Crippen LogP contribution in [0.5, 0.6) is 0 Å². The van der Waals surface area contributed by atoms with Crippen molar-refractivity contribution in [1.82, 2.24) is 25.3 Å². The Balaban J connectivity index is 1.63. The summed E-state index contributed by atoms with van der Waals surface area (Å²) in [5.74, 6) is -0.0155. The summed E-state index contributed by atoms with van der Waals surface area (Å²) in [6.07, 6.45) is 8.44. The van der Waals surface area contributed by atoms with E-state index in [2.05, 4.69) is 30.6 Å². The van der Waals surface area contributed by atoms with Crippen LogP contribution in [0.4, 0.5) is 10.2 Å². The zero-order chi connectivity index (χ0) is 18.8. The third kappa shape index (κ3) is 3.60. The lowest BCUT2D eigenvalue weighted by molar-refractivity contribution is -0.119. The van der Waals surface area contributed by atoms with Gasteiger partial charge >= 0.3 is 0 Å². The van der Waals surface area contributed by atoms with E-state index in [1.165, 1.54) is 13.1 Å². The zero-order valence-corrected chi connectivity index (χ0v) is 15.0. The van der Waals surface area contributed by atoms with Crippen LogP contribution in [-0.2, 0) is 4.79 Å². The SMILES string of the molecule is CC(=O)N[C@@H]1CCCCC1Nc1nc(-c2c[nH]c3ncccc23)ncc1F. The molecule has 1 aliphatic carbocycles. The Morgan fingerprint density at radius 3 is 2.89 bits per heavy atom. The number of H-pyrrole nitrogens is 1. The molecule has 3 N–H and O–H groups in total. The van der Waals surface area contributed by atoms with Crippen molar-refractivity contribution in [3.63, 3.8) is 0 Å². The highest BCUT2D eigenvalue weighted by molar-refractivity contribution is 5.91. The molecular formula is C19H21FN6O. The number of nitrogens with zero attached hydrogens (tertiary/aromatic N) is 3. The molecule has 3 heterocycles. The molecule has 8 heteroatoms. The Kier molecular flexibility index (Phi) is 4.70. The number of carbonyl (C=O) groups excluding carboxylic acids is 1. The number of pyridine rings is 1. The molecule has 0 aliphatic heterocycles. The molecule has 1 amide bonds. The molecule has 0 aromatic carbocycles. The summed E-state index contributed by atoms with van der Waals surface area (Å²) in [6.45, 7) is 1.50. The smallest absolute Gasteiger partial charge is 0.217 e. The number of aromatic amines is 1. The fourth-order valence-electron chi connectivity index (χ4n) is 3.65. The molecule has 0 bridgehead atoms. The van der Waals surface area contributed by atoms with Crippen molar-refractivity contribution < 1.29 is 9.18 Å². The van der Waals surface area contributed by atoms with Crippen molar-refractivity contribution in [2.24, 2.45) is 0 Å². The van der Waals surface area contributed by atoms with Gasteiger partial charge in [0.2, 0.25) is 5.91 Å². The van der Waals surface area contributed by atoms with Crippen LogP contribution in [-0.4, -0.2) is 37.9 Å². The summed E-state index contributed by atoms with van der Waals surface area (Å²) >= 11 is 0. The van der Waals surface area contributed by atoms with Crippen LogP contribution in [0.25, 0.3) is 22.4 Å². The molecule has 7 nitrogen and oxygen atoms in total. The highest BCUT2D eigenvalue weighted by Gasteiger charge is 2.27. The first-order valence-electron chi connectivity index (χ1n) is 9.10. The van der Waals surface area contributed by atoms with Gasteiger partial charge in [-0.2, -0.15) is 0 Å². The van der Waals surface area contributed by atoms with Gasteiger partial charge in [0.1, 0.15) is 5.65 Å². The Morgan fingerprint density at radius 2 is 2.07 bits per heavy atom. The lowest BCUT2D eigenvalue weighted by Crippen LogP contribution is -2.48. The van der Waals surface area contributed by atoms with E-state index in [9.17, 15) is 9.18 Å². The fraction of sp³-hybridized carbons (Fsp3) is 0.368. The van der Waals surface area contributed by atoms with E-state index >= 15 is 0 Å². The van der Waals surface area contributed by atoms with Gasteiger partial charge in [0.25, 0.3) is 0 Å². The second kappa shape index (κ2) is 7.30. The summed E-state index contributed by atoms with van der Waals surface area (Å²) in [4.78, 5) is 27.4. The number of carbonyl (C=O) groups is 1. The van der Waals surface area contributed by atoms with Gasteiger partial charge in [0, 0.05) is 42.4 Å². The first-order valence-corrected chi connectivity index (χ1v) is 9.10. The summed E-state index contributed by atoms with van der Waals surface area (Å²) in [7, 11) is 0. The standard InChI is InChI=1S/C19H21FN6O/c1-11(27)24-15-6-2-3-7-16(15)25-19-14(20)10-23-18(26-19)13-9-22-17-12(13)5-4-8-21-17/h4-5,8-10,15-16H,2-3,6-7H2,1H3,(H,21,22)(H,24,27)(H,23,25,26)/t15-,16?/m1/s1. The van der Waals surface area contributed by atoms with Crippen molar-refractivity contribution in [2.45, 2.75) is 44.7 Å². The van der Waals surface area contributed by atoms with Gasteiger partial charge in [-0.15, -0.1) is 0 Å². The largest absolute Gasteiger partial charge is 0.363 e. The van der Waals surface area contributed by atoms with E-state index in [-0.39, 0.29) is 23.8 Å². The molecule has 4 rings (SSSR count). The van der Waals surface area contributed by atoms with E-state index in [1.807, 2.05) is 12.1 Å². The van der Waals surface area contributed by atoms with E-state index in [0.29, 0.717) is 5.82 Å². The normalized spacial score (nSPS) is 19.8. The molecule has 1 fully saturated rings. The van der Waals surface area contributed by atoms with Gasteiger partial charge < -0.3 is 15.6 Å². The van der Waals surface area contributed by atoms with E-state index in [1.54, 1.807) is 12.4 Å². The Labute approximate surface area is 155 Å². The second-order valence-electron chi connectivity index (χ2n) is 6.83. The van der Waals surface area contributed by atoms with Crippen molar-refractivity contribution in [2.75, 3.05) is 5.32 Å². The Hall–Kier alpha value is -3.03. The number of halogens is 1. The average molecular weight is 368 g/mol. The molecule has 3 aromatic rings. The third-order valence-electron chi connectivity index (χ3n) is 4.91. The van der Waals surface area contributed by atoms with Gasteiger partial charge in [-0.25, -0.2) is 19.3 Å². The fourth-order valence-corrected chi connectivity index (χ4v) is 3.65. The van der Waals surface area contributed by atoms with E-state index in [4.69, 9.17) is 0 Å². The predicted molar refractivity (Wildman–Crippen MR) is 101 cm³/mol. The number of nitrogens with one attached hydrogen (secondary N) is 3. The minimum absolute atomic E-state index is 0.0358. The van der Waals surface area contributed by atoms with Crippen molar-refractivity contribution in [3.8, 4) is 11.4 Å². The van der Waals surface area contributed by atoms with Crippen molar-refractivity contribution >= 4 is 22.8 Å². The van der Waals surface area contributed by atoms with E-state index in [0.717, 1.165) is 42.3 Å². The van der Waals surface area contributed by atoms with Crippen LogP contribution in [0.1, 0.15) is 32.6 Å². The summed E-state index contributed by atoms with van der Waals surface area (Å²) in [6, 6.07) is 3.65. The molecule has 0 radical (unpaired) electrons. The molecule has 0 spiro atoms. The lowest BCUT2D eigenvalue weighted by Gasteiger charge is -2.33. The lowest BCUT2D eigenvalue weighted by atomic mass is 9.90. The molecule has 1 aliphatic rings. The van der Waals surface area contributed by atoms with Crippen LogP contribution in [0.3, 0.4) is 0 Å². The number of fused-ring (bicyclic) bond motifs is 1. The van der Waals surface area contributed by atoms with Crippen LogP contribution in [0.15, 0.2) is 30.7 Å². The molecule has 1 saturated carbocycles. The van der Waals surface area contributed by atoms with Crippen LogP contribution < -0.4 is 10.6 Å². The molecule has 3 aromatic heterocycles. The van der Waals surface area contributed by atoms with Gasteiger partial charge in [-0.05, 0) is 25.0 Å². The molecule has 140 valence electrons. The van der Waals surface area contributed by atoms with E-state index < -0.39 is 5.82 Å². The maximum absolute atomic E-state index is 14.4. The highest BCUT2D eigenvalue weighted by Crippen LogP contribution is 2.27. The first kappa shape index (κ1) is 17.4. The highest BCUT2D eigenvalue weighted by atomic mass is 19.1. The van der Waals surface area contributed by atoms with Crippen molar-refractivity contribution in [1.29, 1.82) is 0 Å². The Morgan fingerprint density at radius 1 is 1.26 bits per heavy atom. The summed E-state index contributed by atoms with van der Waals surface area (Å²) in [5, 5.41) is 7.02. The van der Waals surface area contributed by atoms with Crippen LogP contribution >= 0.6 is 0 Å². The monoisotopic (exact) mass is 368 g/mol. The molecule has 27 heavy (non-hydrogen) atoms. The first-order chi connectivity index (χ1) is 13.1. The zero-order valence-electron chi connectivity index (χ0n) is 15.0. The summed E-state index contributed by atoms with van der Waals surface area (Å²) in [5.41, 5.74) is 1.50.